The zero-order chi connectivity index (χ0) is 17.8. The van der Waals surface area contributed by atoms with Crippen molar-refractivity contribution in [3.8, 4) is 0 Å². The number of aromatic amines is 1. The van der Waals surface area contributed by atoms with Gasteiger partial charge in [-0.3, -0.25) is 9.59 Å². The summed E-state index contributed by atoms with van der Waals surface area (Å²) < 4.78 is 0. The molecule has 3 rings (SSSR count). The monoisotopic (exact) mass is 361 g/mol. The Balaban J connectivity index is 1.53. The number of unbranched alkanes of at least 4 members (excludes halogenated alkanes) is 2. The number of nitrogens with zero attached hydrogens (tertiary/aromatic N) is 1. The van der Waals surface area contributed by atoms with Crippen LogP contribution in [0.2, 0.25) is 5.02 Å². The summed E-state index contributed by atoms with van der Waals surface area (Å²) in [5.74, 6) is 0.209. The number of carbonyl (C=O) groups excluding carboxylic acids is 2. The van der Waals surface area contributed by atoms with Crippen molar-refractivity contribution >= 4 is 34.3 Å². The average molecular weight is 362 g/mol. The van der Waals surface area contributed by atoms with Gasteiger partial charge < -0.3 is 15.2 Å². The third kappa shape index (κ3) is 4.34. The third-order valence-electron chi connectivity index (χ3n) is 4.73. The first-order valence-electron chi connectivity index (χ1n) is 8.86. The minimum absolute atomic E-state index is 0.000898. The van der Waals surface area contributed by atoms with Crippen molar-refractivity contribution in [1.29, 1.82) is 0 Å². The summed E-state index contributed by atoms with van der Waals surface area (Å²) in [5.41, 5.74) is 3.50. The largest absolute Gasteiger partial charge is 0.358 e. The molecule has 1 aliphatic rings. The third-order valence-corrected chi connectivity index (χ3v) is 4.97. The maximum atomic E-state index is 12.5. The fourth-order valence-electron chi connectivity index (χ4n) is 3.40. The molecule has 2 heterocycles. The van der Waals surface area contributed by atoms with E-state index in [1.807, 2.05) is 23.1 Å². The molecule has 0 radical (unpaired) electrons. The van der Waals surface area contributed by atoms with E-state index in [1.165, 1.54) is 18.2 Å². The van der Waals surface area contributed by atoms with Gasteiger partial charge in [-0.2, -0.15) is 0 Å². The Bertz CT molecular complexity index is 784. The smallest absolute Gasteiger partial charge is 0.222 e. The molecule has 2 aromatic rings. The lowest BCUT2D eigenvalue weighted by Gasteiger charge is -2.27. The van der Waals surface area contributed by atoms with Gasteiger partial charge in [-0.15, -0.1) is 0 Å². The van der Waals surface area contributed by atoms with Gasteiger partial charge in [0, 0.05) is 66.6 Å². The molecule has 1 aromatic carbocycles. The summed E-state index contributed by atoms with van der Waals surface area (Å²) in [4.78, 5) is 28.7. The van der Waals surface area contributed by atoms with E-state index in [0.717, 1.165) is 48.2 Å². The van der Waals surface area contributed by atoms with Gasteiger partial charge >= 0.3 is 0 Å². The minimum Gasteiger partial charge on any atom is -0.358 e. The molecule has 5 nitrogen and oxygen atoms in total. The number of halogens is 1. The average Bonchev–Trinajstić information content (AvgIpc) is 2.94. The fraction of sp³-hybridized carbons (Fsp3) is 0.474. The summed E-state index contributed by atoms with van der Waals surface area (Å²) in [6, 6.07) is 5.86. The molecule has 2 amide bonds. The zero-order valence-electron chi connectivity index (χ0n) is 14.5. The lowest BCUT2D eigenvalue weighted by molar-refractivity contribution is -0.132. The molecule has 1 aliphatic heterocycles. The highest BCUT2D eigenvalue weighted by Gasteiger charge is 2.23. The predicted octanol–water partition coefficient (Wildman–Crippen LogP) is 3.40. The van der Waals surface area contributed by atoms with Crippen LogP contribution in [0, 0.1) is 0 Å². The van der Waals surface area contributed by atoms with E-state index in [-0.39, 0.29) is 11.8 Å². The molecule has 0 aliphatic carbocycles. The second-order valence-electron chi connectivity index (χ2n) is 6.63. The maximum absolute atomic E-state index is 12.5. The van der Waals surface area contributed by atoms with E-state index < -0.39 is 0 Å². The number of carbonyl (C=O) groups is 2. The van der Waals surface area contributed by atoms with E-state index in [4.69, 9.17) is 11.6 Å². The van der Waals surface area contributed by atoms with Crippen molar-refractivity contribution in [1.82, 2.24) is 15.2 Å². The van der Waals surface area contributed by atoms with E-state index in [9.17, 15) is 9.59 Å². The predicted molar refractivity (Wildman–Crippen MR) is 99.6 cm³/mol. The van der Waals surface area contributed by atoms with Crippen molar-refractivity contribution in [3.63, 3.8) is 0 Å². The molecular formula is C19H24ClN3O2. The molecule has 134 valence electrons. The molecule has 0 bridgehead atoms. The molecule has 6 heteroatoms. The molecule has 0 atom stereocenters. The first-order chi connectivity index (χ1) is 12.0. The summed E-state index contributed by atoms with van der Waals surface area (Å²) in [6.45, 7) is 3.62. The molecule has 0 saturated carbocycles. The Labute approximate surface area is 152 Å². The van der Waals surface area contributed by atoms with Crippen LogP contribution in [0.25, 0.3) is 10.9 Å². The molecule has 1 aromatic heterocycles. The topological polar surface area (TPSA) is 65.2 Å². The molecule has 2 N–H and O–H groups in total. The normalized spacial score (nSPS) is 13.8. The quantitative estimate of drug-likeness (QED) is 0.774. The number of H-pyrrole nitrogens is 1. The minimum atomic E-state index is -0.000898. The second-order valence-corrected chi connectivity index (χ2v) is 7.07. The van der Waals surface area contributed by atoms with Crippen LogP contribution < -0.4 is 5.32 Å². The Morgan fingerprint density at radius 1 is 1.28 bits per heavy atom. The van der Waals surface area contributed by atoms with E-state index in [0.29, 0.717) is 19.5 Å². The van der Waals surface area contributed by atoms with Gasteiger partial charge in [-0.05, 0) is 31.0 Å². The van der Waals surface area contributed by atoms with Crippen LogP contribution in [-0.4, -0.2) is 34.8 Å². The Kier molecular flexibility index (Phi) is 5.63. The van der Waals surface area contributed by atoms with Crippen molar-refractivity contribution < 1.29 is 9.59 Å². The highest BCUT2D eigenvalue weighted by atomic mass is 35.5. The van der Waals surface area contributed by atoms with Crippen molar-refractivity contribution in [2.75, 3.05) is 13.1 Å². The van der Waals surface area contributed by atoms with Crippen LogP contribution in [0.3, 0.4) is 0 Å². The van der Waals surface area contributed by atoms with Gasteiger partial charge in [-0.1, -0.05) is 18.0 Å². The number of aromatic nitrogens is 1. The summed E-state index contributed by atoms with van der Waals surface area (Å²) in [5, 5.41) is 4.62. The number of amides is 2. The number of benzene rings is 1. The number of hydrogen-bond donors (Lipinski definition) is 2. The number of hydrogen-bond acceptors (Lipinski definition) is 2. The van der Waals surface area contributed by atoms with Gasteiger partial charge in [-0.25, -0.2) is 0 Å². The van der Waals surface area contributed by atoms with Crippen LogP contribution in [0.15, 0.2) is 18.2 Å². The van der Waals surface area contributed by atoms with Crippen molar-refractivity contribution in [2.24, 2.45) is 0 Å². The summed E-state index contributed by atoms with van der Waals surface area (Å²) >= 11 is 6.13. The van der Waals surface area contributed by atoms with Crippen LogP contribution in [0.4, 0.5) is 0 Å². The van der Waals surface area contributed by atoms with Crippen molar-refractivity contribution in [2.45, 2.75) is 45.6 Å². The number of fused-ring (bicyclic) bond motifs is 3. The van der Waals surface area contributed by atoms with E-state index in [1.54, 1.807) is 0 Å². The van der Waals surface area contributed by atoms with Crippen molar-refractivity contribution in [3.05, 3.63) is 34.5 Å². The number of rotatable bonds is 6. The van der Waals surface area contributed by atoms with Gasteiger partial charge in [0.2, 0.25) is 11.8 Å². The highest BCUT2D eigenvalue weighted by molar-refractivity contribution is 6.31. The SMILES string of the molecule is CC(=O)NCCCCCC(=O)N1CCc2[nH]c3ccc(Cl)cc3c2C1. The van der Waals surface area contributed by atoms with Crippen LogP contribution in [-0.2, 0) is 22.6 Å². The number of nitrogens with one attached hydrogen (secondary N) is 2. The first-order valence-corrected chi connectivity index (χ1v) is 9.23. The Morgan fingerprint density at radius 2 is 2.12 bits per heavy atom. The molecule has 25 heavy (non-hydrogen) atoms. The molecule has 0 spiro atoms. The zero-order valence-corrected chi connectivity index (χ0v) is 15.3. The first kappa shape index (κ1) is 17.8. The fourth-order valence-corrected chi connectivity index (χ4v) is 3.57. The lowest BCUT2D eigenvalue weighted by atomic mass is 10.0. The maximum Gasteiger partial charge on any atom is 0.222 e. The standard InChI is InChI=1S/C19H24ClN3O2/c1-13(24)21-9-4-2-3-5-19(25)23-10-8-18-16(12-23)15-11-14(20)6-7-17(15)22-18/h6-7,11,22H,2-5,8-10,12H2,1H3,(H,21,24). The van der Waals surface area contributed by atoms with Crippen LogP contribution in [0.1, 0.15) is 43.9 Å². The van der Waals surface area contributed by atoms with Crippen LogP contribution >= 0.6 is 11.6 Å². The van der Waals surface area contributed by atoms with Gasteiger partial charge in [0.05, 0.1) is 0 Å². The molecular weight excluding hydrogens is 338 g/mol. The summed E-state index contributed by atoms with van der Waals surface area (Å²) in [7, 11) is 0. The highest BCUT2D eigenvalue weighted by Crippen LogP contribution is 2.30. The molecule has 0 saturated heterocycles. The lowest BCUT2D eigenvalue weighted by Crippen LogP contribution is -2.35. The molecule has 0 unspecified atom stereocenters. The van der Waals surface area contributed by atoms with Gasteiger partial charge in [0.15, 0.2) is 0 Å². The Hall–Kier alpha value is -2.01. The van der Waals surface area contributed by atoms with Crippen LogP contribution in [0.5, 0.6) is 0 Å². The summed E-state index contributed by atoms with van der Waals surface area (Å²) in [6.07, 6.45) is 4.15. The van der Waals surface area contributed by atoms with Gasteiger partial charge in [0.25, 0.3) is 0 Å². The van der Waals surface area contributed by atoms with E-state index in [2.05, 4.69) is 10.3 Å². The van der Waals surface area contributed by atoms with Gasteiger partial charge in [0.1, 0.15) is 0 Å². The molecule has 0 fully saturated rings. The second kappa shape index (κ2) is 7.91. The Morgan fingerprint density at radius 3 is 2.92 bits per heavy atom. The van der Waals surface area contributed by atoms with E-state index >= 15 is 0 Å².